The minimum Gasteiger partial charge on any atom is -0.310 e. The summed E-state index contributed by atoms with van der Waals surface area (Å²) in [5, 5.41) is 4.43. The van der Waals surface area contributed by atoms with Crippen LogP contribution in [0, 0.1) is 11.6 Å². The minimum atomic E-state index is -0.895. The Bertz CT molecular complexity index is 2600. The molecule has 5 heteroatoms. The van der Waals surface area contributed by atoms with E-state index in [1.807, 2.05) is 47.4 Å². The fourth-order valence-electron chi connectivity index (χ4n) is 6.98. The zero-order chi connectivity index (χ0) is 31.5. The molecule has 0 spiro atoms. The number of anilines is 3. The fraction of sp³-hybridized carbons (Fsp3) is 0. The predicted molar refractivity (Wildman–Crippen MR) is 190 cm³/mol. The molecule has 0 saturated heterocycles. The maximum Gasteiger partial charge on any atom is 0.160 e. The number of halogens is 2. The zero-order valence-corrected chi connectivity index (χ0v) is 25.2. The SMILES string of the molecule is Fc1ccc(N(c2ccc3c(c2)c2ccccc2n3-c2ccccc2)c2ccc3c4ccccc4n(-c4ccccc4)c3c2)cc1F. The van der Waals surface area contributed by atoms with Crippen LogP contribution in [-0.2, 0) is 0 Å². The van der Waals surface area contributed by atoms with Crippen LogP contribution in [0.15, 0.2) is 164 Å². The van der Waals surface area contributed by atoms with Crippen LogP contribution in [0.1, 0.15) is 0 Å². The van der Waals surface area contributed by atoms with Gasteiger partial charge in [-0.25, -0.2) is 8.78 Å². The molecule has 0 aliphatic carbocycles. The van der Waals surface area contributed by atoms with Crippen LogP contribution >= 0.6 is 0 Å². The molecule has 9 aromatic rings. The molecule has 0 N–H and O–H groups in total. The average Bonchev–Trinajstić information content (AvgIpc) is 3.63. The fourth-order valence-corrected chi connectivity index (χ4v) is 6.98. The lowest BCUT2D eigenvalue weighted by atomic mass is 10.1. The normalized spacial score (nSPS) is 11.6. The summed E-state index contributed by atoms with van der Waals surface area (Å²) < 4.78 is 33.7. The molecule has 0 atom stereocenters. The van der Waals surface area contributed by atoms with E-state index in [4.69, 9.17) is 0 Å². The molecule has 2 aromatic heterocycles. The second kappa shape index (κ2) is 10.7. The van der Waals surface area contributed by atoms with Gasteiger partial charge in [-0.05, 0) is 78.9 Å². The van der Waals surface area contributed by atoms with Crippen molar-refractivity contribution in [2.45, 2.75) is 0 Å². The van der Waals surface area contributed by atoms with Gasteiger partial charge in [-0.2, -0.15) is 0 Å². The van der Waals surface area contributed by atoms with Crippen molar-refractivity contribution in [1.29, 1.82) is 0 Å². The van der Waals surface area contributed by atoms with Crippen molar-refractivity contribution in [3.05, 3.63) is 175 Å². The van der Waals surface area contributed by atoms with Crippen molar-refractivity contribution < 1.29 is 8.78 Å². The summed E-state index contributed by atoms with van der Waals surface area (Å²) >= 11 is 0. The summed E-state index contributed by atoms with van der Waals surface area (Å²) in [4.78, 5) is 2.00. The Morgan fingerprint density at radius 2 is 0.809 bits per heavy atom. The van der Waals surface area contributed by atoms with E-state index < -0.39 is 11.6 Å². The Hall–Kier alpha value is -6.20. The Morgan fingerprint density at radius 1 is 0.340 bits per heavy atom. The third-order valence-corrected chi connectivity index (χ3v) is 9.02. The largest absolute Gasteiger partial charge is 0.310 e. The number of rotatable bonds is 5. The maximum absolute atomic E-state index is 14.9. The lowest BCUT2D eigenvalue weighted by Crippen LogP contribution is -2.11. The molecule has 3 nitrogen and oxygen atoms in total. The Kier molecular flexibility index (Phi) is 6.18. The van der Waals surface area contributed by atoms with Gasteiger partial charge in [0.1, 0.15) is 0 Å². The van der Waals surface area contributed by atoms with Gasteiger partial charge in [0.05, 0.1) is 22.1 Å². The van der Waals surface area contributed by atoms with Gasteiger partial charge in [0.2, 0.25) is 0 Å². The third kappa shape index (κ3) is 4.32. The van der Waals surface area contributed by atoms with E-state index in [9.17, 15) is 8.78 Å². The van der Waals surface area contributed by atoms with Crippen LogP contribution in [0.4, 0.5) is 25.8 Å². The molecule has 2 heterocycles. The van der Waals surface area contributed by atoms with E-state index in [2.05, 4.69) is 112 Å². The van der Waals surface area contributed by atoms with E-state index in [0.717, 1.165) is 66.4 Å². The average molecular weight is 612 g/mol. The van der Waals surface area contributed by atoms with Gasteiger partial charge in [-0.1, -0.05) is 78.9 Å². The van der Waals surface area contributed by atoms with Crippen molar-refractivity contribution in [3.63, 3.8) is 0 Å². The zero-order valence-electron chi connectivity index (χ0n) is 25.2. The van der Waals surface area contributed by atoms with Crippen LogP contribution in [0.2, 0.25) is 0 Å². The predicted octanol–water partition coefficient (Wildman–Crippen LogP) is 11.6. The van der Waals surface area contributed by atoms with Crippen LogP contribution in [0.25, 0.3) is 55.0 Å². The number of benzene rings is 7. The van der Waals surface area contributed by atoms with Gasteiger partial charge in [0.15, 0.2) is 11.6 Å². The Labute approximate surface area is 269 Å². The van der Waals surface area contributed by atoms with Crippen molar-refractivity contribution in [3.8, 4) is 11.4 Å². The molecule has 0 unspecified atom stereocenters. The second-order valence-corrected chi connectivity index (χ2v) is 11.7. The van der Waals surface area contributed by atoms with Crippen molar-refractivity contribution in [2.24, 2.45) is 0 Å². The molecule has 0 bridgehead atoms. The van der Waals surface area contributed by atoms with Gasteiger partial charge in [-0.3, -0.25) is 0 Å². The number of para-hydroxylation sites is 4. The van der Waals surface area contributed by atoms with E-state index in [1.54, 1.807) is 6.07 Å². The molecule has 0 saturated carbocycles. The number of hydrogen-bond acceptors (Lipinski definition) is 1. The first-order valence-electron chi connectivity index (χ1n) is 15.6. The quantitative estimate of drug-likeness (QED) is 0.189. The first kappa shape index (κ1) is 27.1. The third-order valence-electron chi connectivity index (χ3n) is 9.02. The summed E-state index contributed by atoms with van der Waals surface area (Å²) in [6.45, 7) is 0. The number of fused-ring (bicyclic) bond motifs is 6. The van der Waals surface area contributed by atoms with Gasteiger partial charge in [0.25, 0.3) is 0 Å². The molecular formula is C42H27F2N3. The first-order valence-corrected chi connectivity index (χ1v) is 15.6. The number of nitrogens with zero attached hydrogens (tertiary/aromatic N) is 3. The number of hydrogen-bond donors (Lipinski definition) is 0. The second-order valence-electron chi connectivity index (χ2n) is 11.7. The molecule has 0 amide bonds. The monoisotopic (exact) mass is 611 g/mol. The van der Waals surface area contributed by atoms with Crippen LogP contribution in [0.5, 0.6) is 0 Å². The Morgan fingerprint density at radius 3 is 1.47 bits per heavy atom. The summed E-state index contributed by atoms with van der Waals surface area (Å²) in [6.07, 6.45) is 0. The molecule has 0 radical (unpaired) electrons. The molecule has 47 heavy (non-hydrogen) atoms. The molecule has 0 fully saturated rings. The summed E-state index contributed by atoms with van der Waals surface area (Å²) in [7, 11) is 0. The highest BCUT2D eigenvalue weighted by atomic mass is 19.2. The van der Waals surface area contributed by atoms with Gasteiger partial charge >= 0.3 is 0 Å². The molecule has 9 rings (SSSR count). The van der Waals surface area contributed by atoms with E-state index >= 15 is 0 Å². The van der Waals surface area contributed by atoms with Crippen molar-refractivity contribution in [1.82, 2.24) is 9.13 Å². The summed E-state index contributed by atoms with van der Waals surface area (Å²) in [5.41, 5.74) is 8.58. The van der Waals surface area contributed by atoms with E-state index in [-0.39, 0.29) is 0 Å². The van der Waals surface area contributed by atoms with Crippen LogP contribution < -0.4 is 4.90 Å². The molecule has 7 aromatic carbocycles. The van der Waals surface area contributed by atoms with Crippen LogP contribution in [-0.4, -0.2) is 9.13 Å². The summed E-state index contributed by atoms with van der Waals surface area (Å²) in [5.74, 6) is -1.77. The summed E-state index contributed by atoms with van der Waals surface area (Å²) in [6, 6.07) is 54.1. The smallest absolute Gasteiger partial charge is 0.160 e. The van der Waals surface area contributed by atoms with Crippen molar-refractivity contribution in [2.75, 3.05) is 4.90 Å². The van der Waals surface area contributed by atoms with Gasteiger partial charge < -0.3 is 14.0 Å². The molecule has 0 aliphatic rings. The van der Waals surface area contributed by atoms with Gasteiger partial charge in [0, 0.05) is 56.0 Å². The topological polar surface area (TPSA) is 13.1 Å². The lowest BCUT2D eigenvalue weighted by Gasteiger charge is -2.26. The molecule has 0 aliphatic heterocycles. The standard InChI is InChI=1S/C42H27F2N3/c43-37-23-20-31(26-38(37)44)45(30-21-24-41-36(25-30)34-16-8-10-18-40(34)46(41)28-11-3-1-4-12-28)32-19-22-35-33-15-7-9-17-39(33)47(42(35)27-32)29-13-5-2-6-14-29/h1-27H. The number of aromatic nitrogens is 2. The molecular weight excluding hydrogens is 584 g/mol. The first-order chi connectivity index (χ1) is 23.2. The van der Waals surface area contributed by atoms with Crippen molar-refractivity contribution >= 4 is 60.7 Å². The maximum atomic E-state index is 14.9. The molecule has 224 valence electrons. The lowest BCUT2D eigenvalue weighted by molar-refractivity contribution is 0.509. The Balaban J connectivity index is 1.31. The van der Waals surface area contributed by atoms with Crippen LogP contribution in [0.3, 0.4) is 0 Å². The van der Waals surface area contributed by atoms with E-state index in [1.165, 1.54) is 12.1 Å². The highest BCUT2D eigenvalue weighted by Gasteiger charge is 2.20. The minimum absolute atomic E-state index is 0.525. The van der Waals surface area contributed by atoms with E-state index in [0.29, 0.717) is 5.69 Å². The highest BCUT2D eigenvalue weighted by Crippen LogP contribution is 2.42. The van der Waals surface area contributed by atoms with Gasteiger partial charge in [-0.15, -0.1) is 0 Å². The highest BCUT2D eigenvalue weighted by molar-refractivity contribution is 6.12.